The minimum atomic E-state index is -2.29. The van der Waals surface area contributed by atoms with Crippen LogP contribution in [0.25, 0.3) is 10.1 Å². The van der Waals surface area contributed by atoms with Crippen molar-refractivity contribution in [2.75, 3.05) is 13.2 Å². The summed E-state index contributed by atoms with van der Waals surface area (Å²) in [5.74, 6) is -4.01. The van der Waals surface area contributed by atoms with E-state index in [2.05, 4.69) is 0 Å². The average Bonchev–Trinajstić information content (AvgIpc) is 3.03. The minimum Gasteiger partial charge on any atom is -0.425 e. The van der Waals surface area contributed by atoms with Gasteiger partial charge in [0.1, 0.15) is 0 Å². The lowest BCUT2D eigenvalue weighted by Crippen LogP contribution is -2.48. The van der Waals surface area contributed by atoms with Gasteiger partial charge < -0.3 is 25.1 Å². The maximum absolute atomic E-state index is 11.8. The second-order valence-electron chi connectivity index (χ2n) is 5.05. The summed E-state index contributed by atoms with van der Waals surface area (Å²) >= 11 is 1.53. The number of benzene rings is 1. The van der Waals surface area contributed by atoms with Crippen molar-refractivity contribution >= 4 is 33.4 Å². The molecule has 24 heavy (non-hydrogen) atoms. The Morgan fingerprint density at radius 2 is 2.04 bits per heavy atom. The molecule has 0 fully saturated rings. The van der Waals surface area contributed by atoms with Gasteiger partial charge in [-0.1, -0.05) is 6.07 Å². The van der Waals surface area contributed by atoms with Crippen LogP contribution >= 0.6 is 11.3 Å². The van der Waals surface area contributed by atoms with E-state index in [9.17, 15) is 14.7 Å². The summed E-state index contributed by atoms with van der Waals surface area (Å²) < 4.78 is 16.5. The molecule has 0 radical (unpaired) electrons. The maximum Gasteiger partial charge on any atom is 0.334 e. The van der Waals surface area contributed by atoms with Crippen molar-refractivity contribution in [3.63, 3.8) is 0 Å². The van der Waals surface area contributed by atoms with Gasteiger partial charge in [-0.25, -0.2) is 9.59 Å². The molecule has 7 nitrogen and oxygen atoms in total. The first-order valence-corrected chi connectivity index (χ1v) is 8.04. The zero-order valence-corrected chi connectivity index (χ0v) is 13.3. The summed E-state index contributed by atoms with van der Waals surface area (Å²) in [6.07, 6.45) is 0.247. The molecule has 8 heteroatoms. The van der Waals surface area contributed by atoms with Crippen LogP contribution in [0.15, 0.2) is 41.8 Å². The molecule has 1 aliphatic heterocycles. The monoisotopic (exact) mass is 349 g/mol. The maximum atomic E-state index is 11.8. The van der Waals surface area contributed by atoms with Gasteiger partial charge in [0.2, 0.25) is 0 Å². The Balaban J connectivity index is 2.06. The van der Waals surface area contributed by atoms with E-state index in [4.69, 9.17) is 19.9 Å². The van der Waals surface area contributed by atoms with Gasteiger partial charge >= 0.3 is 17.7 Å². The van der Waals surface area contributed by atoms with E-state index in [1.54, 1.807) is 18.2 Å². The lowest BCUT2D eigenvalue weighted by Gasteiger charge is -2.34. The Hall–Kier alpha value is -2.26. The molecule has 0 amide bonds. The highest BCUT2D eigenvalue weighted by Crippen LogP contribution is 2.34. The van der Waals surface area contributed by atoms with Gasteiger partial charge in [-0.3, -0.25) is 0 Å². The highest BCUT2D eigenvalue weighted by Gasteiger charge is 2.47. The third-order valence-corrected chi connectivity index (χ3v) is 4.31. The molecule has 2 atom stereocenters. The molecule has 2 heterocycles. The standard InChI is InChI=1S/C16H15NO6S/c17-6-7-21-15-16(20,23-14(19)4-3-13(18)22-15)11-1-2-12-10(9-11)5-8-24-12/h1-5,8-9,15,20H,6-7,17H2/b4-3+. The zero-order chi connectivity index (χ0) is 17.2. The lowest BCUT2D eigenvalue weighted by atomic mass is 10.0. The first-order valence-electron chi connectivity index (χ1n) is 7.16. The van der Waals surface area contributed by atoms with Crippen LogP contribution in [0, 0.1) is 0 Å². The molecule has 0 aliphatic carbocycles. The number of aliphatic hydroxyl groups is 1. The number of hydrogen-bond donors (Lipinski definition) is 2. The van der Waals surface area contributed by atoms with Crippen molar-refractivity contribution in [3.8, 4) is 0 Å². The van der Waals surface area contributed by atoms with Gasteiger partial charge in [0.05, 0.1) is 6.61 Å². The topological polar surface area (TPSA) is 108 Å². The van der Waals surface area contributed by atoms with E-state index in [0.717, 1.165) is 22.2 Å². The van der Waals surface area contributed by atoms with Crippen LogP contribution in [0.2, 0.25) is 0 Å². The number of nitrogens with two attached hydrogens (primary N) is 1. The third kappa shape index (κ3) is 3.17. The predicted molar refractivity (Wildman–Crippen MR) is 85.8 cm³/mol. The van der Waals surface area contributed by atoms with E-state index < -0.39 is 24.0 Å². The summed E-state index contributed by atoms with van der Waals surface area (Å²) in [4.78, 5) is 23.6. The van der Waals surface area contributed by atoms with E-state index in [-0.39, 0.29) is 18.7 Å². The number of thiophene rings is 1. The predicted octanol–water partition coefficient (Wildman–Crippen LogP) is 1.00. The second-order valence-corrected chi connectivity index (χ2v) is 6.00. The van der Waals surface area contributed by atoms with Crippen LogP contribution < -0.4 is 5.73 Å². The summed E-state index contributed by atoms with van der Waals surface area (Å²) in [6, 6.07) is 6.87. The number of carbonyl (C=O) groups excluding carboxylic acids is 2. The highest BCUT2D eigenvalue weighted by atomic mass is 32.1. The third-order valence-electron chi connectivity index (χ3n) is 3.41. The fourth-order valence-corrected chi connectivity index (χ4v) is 3.07. The summed E-state index contributed by atoms with van der Waals surface area (Å²) in [5.41, 5.74) is 5.63. The van der Waals surface area contributed by atoms with Gasteiger partial charge in [0.25, 0.3) is 6.29 Å². The van der Waals surface area contributed by atoms with Gasteiger partial charge in [-0.05, 0) is 29.0 Å². The van der Waals surface area contributed by atoms with E-state index in [1.165, 1.54) is 11.3 Å². The van der Waals surface area contributed by atoms with E-state index >= 15 is 0 Å². The van der Waals surface area contributed by atoms with Crippen molar-refractivity contribution in [2.24, 2.45) is 5.73 Å². The number of ether oxygens (including phenoxy) is 3. The van der Waals surface area contributed by atoms with Crippen molar-refractivity contribution in [1.29, 1.82) is 0 Å². The Labute approximate surface area is 141 Å². The van der Waals surface area contributed by atoms with Crippen LogP contribution in [0.4, 0.5) is 0 Å². The second kappa shape index (κ2) is 6.70. The summed E-state index contributed by atoms with van der Waals surface area (Å²) in [7, 11) is 0. The Bertz CT molecular complexity index is 801. The van der Waals surface area contributed by atoms with Crippen molar-refractivity contribution in [2.45, 2.75) is 12.1 Å². The number of carbonyl (C=O) groups is 2. The van der Waals surface area contributed by atoms with Crippen LogP contribution in [0.1, 0.15) is 5.56 Å². The minimum absolute atomic E-state index is 0.00220. The van der Waals surface area contributed by atoms with Crippen molar-refractivity contribution < 1.29 is 28.9 Å². The van der Waals surface area contributed by atoms with Gasteiger partial charge in [0.15, 0.2) is 0 Å². The number of fused-ring (bicyclic) bond motifs is 1. The molecule has 2 unspecified atom stereocenters. The molecule has 126 valence electrons. The average molecular weight is 349 g/mol. The van der Waals surface area contributed by atoms with Crippen LogP contribution in [-0.2, 0) is 29.6 Å². The summed E-state index contributed by atoms with van der Waals surface area (Å²) in [6.45, 7) is 0.139. The van der Waals surface area contributed by atoms with Crippen LogP contribution in [-0.4, -0.2) is 36.5 Å². The quantitative estimate of drug-likeness (QED) is 0.793. The Morgan fingerprint density at radius 1 is 1.25 bits per heavy atom. The molecule has 3 rings (SSSR count). The molecule has 2 aromatic rings. The number of hydrogen-bond acceptors (Lipinski definition) is 8. The Morgan fingerprint density at radius 3 is 2.83 bits per heavy atom. The Kier molecular flexibility index (Phi) is 4.63. The van der Waals surface area contributed by atoms with Crippen molar-refractivity contribution in [1.82, 2.24) is 0 Å². The number of cyclic esters (lactones) is 2. The van der Waals surface area contributed by atoms with E-state index in [0.29, 0.717) is 0 Å². The molecule has 0 bridgehead atoms. The van der Waals surface area contributed by atoms with Gasteiger partial charge in [0, 0.05) is 29.0 Å². The molecule has 0 saturated heterocycles. The van der Waals surface area contributed by atoms with Gasteiger partial charge in [-0.15, -0.1) is 11.3 Å². The smallest absolute Gasteiger partial charge is 0.334 e. The van der Waals surface area contributed by atoms with Crippen molar-refractivity contribution in [3.05, 3.63) is 47.4 Å². The molecule has 1 aromatic heterocycles. The normalized spacial score (nSPS) is 25.7. The fourth-order valence-electron chi connectivity index (χ4n) is 2.30. The van der Waals surface area contributed by atoms with E-state index in [1.807, 2.05) is 11.4 Å². The summed E-state index contributed by atoms with van der Waals surface area (Å²) in [5, 5.41) is 13.7. The SMILES string of the molecule is NCCOC1OC(=O)/C=C/C(=O)OC1(O)c1ccc2sccc2c1. The molecule has 1 aliphatic rings. The van der Waals surface area contributed by atoms with Gasteiger partial charge in [-0.2, -0.15) is 0 Å². The largest absolute Gasteiger partial charge is 0.425 e. The molecular weight excluding hydrogens is 334 g/mol. The molecule has 0 spiro atoms. The highest BCUT2D eigenvalue weighted by molar-refractivity contribution is 7.17. The number of esters is 2. The fraction of sp³-hybridized carbons (Fsp3) is 0.250. The number of rotatable bonds is 4. The van der Waals surface area contributed by atoms with Crippen LogP contribution in [0.3, 0.4) is 0 Å². The molecule has 0 saturated carbocycles. The zero-order valence-electron chi connectivity index (χ0n) is 12.5. The first kappa shape index (κ1) is 16.6. The molecular formula is C16H15NO6S. The first-order chi connectivity index (χ1) is 11.5. The molecule has 1 aromatic carbocycles. The lowest BCUT2D eigenvalue weighted by molar-refractivity contribution is -0.320. The molecule has 3 N–H and O–H groups in total. The van der Waals surface area contributed by atoms with Crippen LogP contribution in [0.5, 0.6) is 0 Å².